The lowest BCUT2D eigenvalue weighted by atomic mass is 10.1. The highest BCUT2D eigenvalue weighted by molar-refractivity contribution is 9.10. The highest BCUT2D eigenvalue weighted by atomic mass is 79.9. The summed E-state index contributed by atoms with van der Waals surface area (Å²) in [6.07, 6.45) is 1.77. The molecule has 0 amide bonds. The molecule has 1 unspecified atom stereocenters. The van der Waals surface area contributed by atoms with Crippen molar-refractivity contribution in [3.8, 4) is 5.75 Å². The second-order valence-corrected chi connectivity index (χ2v) is 6.15. The van der Waals surface area contributed by atoms with E-state index in [0.29, 0.717) is 13.2 Å². The Bertz CT molecular complexity index is 566. The number of ether oxygens (including phenoxy) is 2. The van der Waals surface area contributed by atoms with Gasteiger partial charge < -0.3 is 13.9 Å². The fourth-order valence-electron chi connectivity index (χ4n) is 1.82. The van der Waals surface area contributed by atoms with Crippen LogP contribution in [0.5, 0.6) is 5.75 Å². The maximum Gasteiger partial charge on any atom is 0.133 e. The van der Waals surface area contributed by atoms with Crippen molar-refractivity contribution >= 4 is 31.9 Å². The second kappa shape index (κ2) is 7.29. The van der Waals surface area contributed by atoms with Crippen LogP contribution in [0.15, 0.2) is 39.4 Å². The van der Waals surface area contributed by atoms with E-state index < -0.39 is 0 Å². The molecule has 5 heteroatoms. The number of halogens is 2. The van der Waals surface area contributed by atoms with Gasteiger partial charge in [-0.25, -0.2) is 0 Å². The molecule has 108 valence electrons. The highest BCUT2D eigenvalue weighted by Crippen LogP contribution is 2.36. The Labute approximate surface area is 135 Å². The van der Waals surface area contributed by atoms with E-state index in [1.54, 1.807) is 13.4 Å². The van der Waals surface area contributed by atoms with Gasteiger partial charge in [0.2, 0.25) is 0 Å². The topological polar surface area (TPSA) is 31.6 Å². The number of furan rings is 1. The van der Waals surface area contributed by atoms with Crippen LogP contribution in [0.4, 0.5) is 0 Å². The molecule has 2 aromatic rings. The van der Waals surface area contributed by atoms with Crippen LogP contribution >= 0.6 is 31.9 Å². The van der Waals surface area contributed by atoms with Crippen LogP contribution in [-0.2, 0) is 4.74 Å². The third-order valence-electron chi connectivity index (χ3n) is 2.84. The zero-order valence-electron chi connectivity index (χ0n) is 11.4. The van der Waals surface area contributed by atoms with Gasteiger partial charge in [-0.05, 0) is 46.6 Å². The third-order valence-corrected chi connectivity index (χ3v) is 4.51. The van der Waals surface area contributed by atoms with Crippen molar-refractivity contribution in [2.24, 2.45) is 0 Å². The molecule has 0 N–H and O–H groups in total. The Balaban J connectivity index is 2.12. The van der Waals surface area contributed by atoms with Crippen molar-refractivity contribution in [1.29, 1.82) is 0 Å². The smallest absolute Gasteiger partial charge is 0.133 e. The molecule has 0 saturated heterocycles. The number of alkyl halides is 1. The van der Waals surface area contributed by atoms with E-state index in [1.165, 1.54) is 0 Å². The molecular formula is C15H16Br2O3. The maximum absolute atomic E-state index is 5.62. The Morgan fingerprint density at radius 1 is 1.20 bits per heavy atom. The SMILES string of the molecule is COCCOc1ccc(C(Br)c2coc(C)c2)cc1Br. The van der Waals surface area contributed by atoms with Crippen LogP contribution in [0.1, 0.15) is 21.7 Å². The monoisotopic (exact) mass is 402 g/mol. The number of benzene rings is 1. The minimum Gasteiger partial charge on any atom is -0.490 e. The first-order valence-corrected chi connectivity index (χ1v) is 7.93. The Morgan fingerprint density at radius 3 is 2.60 bits per heavy atom. The number of hydrogen-bond donors (Lipinski definition) is 0. The molecule has 0 bridgehead atoms. The Hall–Kier alpha value is -0.780. The van der Waals surface area contributed by atoms with Crippen LogP contribution < -0.4 is 4.74 Å². The normalized spacial score (nSPS) is 12.4. The molecule has 0 aliphatic heterocycles. The molecule has 1 aromatic carbocycles. The van der Waals surface area contributed by atoms with Crippen molar-refractivity contribution in [3.63, 3.8) is 0 Å². The van der Waals surface area contributed by atoms with Crippen LogP contribution in [0.3, 0.4) is 0 Å². The van der Waals surface area contributed by atoms with Crippen LogP contribution in [0, 0.1) is 6.92 Å². The van der Waals surface area contributed by atoms with Gasteiger partial charge in [-0.2, -0.15) is 0 Å². The van der Waals surface area contributed by atoms with Gasteiger partial charge in [-0.15, -0.1) is 0 Å². The van der Waals surface area contributed by atoms with Crippen molar-refractivity contribution in [2.75, 3.05) is 20.3 Å². The summed E-state index contributed by atoms with van der Waals surface area (Å²) in [5, 5.41) is 0. The van der Waals surface area contributed by atoms with Crippen molar-refractivity contribution in [2.45, 2.75) is 11.8 Å². The molecule has 0 aliphatic rings. The molecule has 1 heterocycles. The average Bonchev–Trinajstić information content (AvgIpc) is 2.86. The lowest BCUT2D eigenvalue weighted by Gasteiger charge is -2.12. The molecule has 3 nitrogen and oxygen atoms in total. The average molecular weight is 404 g/mol. The molecule has 1 atom stereocenters. The molecule has 20 heavy (non-hydrogen) atoms. The number of rotatable bonds is 6. The van der Waals surface area contributed by atoms with E-state index in [-0.39, 0.29) is 4.83 Å². The lowest BCUT2D eigenvalue weighted by molar-refractivity contribution is 0.146. The summed E-state index contributed by atoms with van der Waals surface area (Å²) < 4.78 is 16.9. The fraction of sp³-hybridized carbons (Fsp3) is 0.333. The van der Waals surface area contributed by atoms with Gasteiger partial charge in [0.15, 0.2) is 0 Å². The zero-order chi connectivity index (χ0) is 14.5. The van der Waals surface area contributed by atoms with E-state index in [4.69, 9.17) is 13.9 Å². The molecule has 0 radical (unpaired) electrons. The summed E-state index contributed by atoms with van der Waals surface area (Å²) >= 11 is 7.22. The number of hydrogen-bond acceptors (Lipinski definition) is 3. The van der Waals surface area contributed by atoms with Crippen molar-refractivity contribution in [1.82, 2.24) is 0 Å². The molecule has 0 spiro atoms. The summed E-state index contributed by atoms with van der Waals surface area (Å²) in [6.45, 7) is 3.04. The van der Waals surface area contributed by atoms with E-state index in [9.17, 15) is 0 Å². The predicted molar refractivity (Wildman–Crippen MR) is 85.7 cm³/mol. The van der Waals surface area contributed by atoms with Gasteiger partial charge in [-0.1, -0.05) is 22.0 Å². The van der Waals surface area contributed by atoms with E-state index in [0.717, 1.165) is 27.1 Å². The van der Waals surface area contributed by atoms with Crippen LogP contribution in [0.2, 0.25) is 0 Å². The molecule has 1 aromatic heterocycles. The van der Waals surface area contributed by atoms with Crippen LogP contribution in [0.25, 0.3) is 0 Å². The van der Waals surface area contributed by atoms with Gasteiger partial charge in [0.25, 0.3) is 0 Å². The Kier molecular flexibility index (Phi) is 5.69. The maximum atomic E-state index is 5.62. The standard InChI is InChI=1S/C15H16Br2O3/c1-10-7-12(9-20-10)15(17)11-3-4-14(13(16)8-11)19-6-5-18-2/h3-4,7-9,15H,5-6H2,1-2H3. The minimum absolute atomic E-state index is 0.101. The molecule has 0 aliphatic carbocycles. The third kappa shape index (κ3) is 3.87. The van der Waals surface area contributed by atoms with E-state index in [2.05, 4.69) is 31.9 Å². The summed E-state index contributed by atoms with van der Waals surface area (Å²) in [5.41, 5.74) is 2.24. The minimum atomic E-state index is 0.101. The van der Waals surface area contributed by atoms with E-state index in [1.807, 2.05) is 31.2 Å². The van der Waals surface area contributed by atoms with Crippen molar-refractivity contribution < 1.29 is 13.9 Å². The second-order valence-electron chi connectivity index (χ2n) is 4.38. The number of methoxy groups -OCH3 is 1. The number of aryl methyl sites for hydroxylation is 1. The summed E-state index contributed by atoms with van der Waals surface area (Å²) in [7, 11) is 1.66. The summed E-state index contributed by atoms with van der Waals surface area (Å²) in [4.78, 5) is 0.101. The highest BCUT2D eigenvalue weighted by Gasteiger charge is 2.14. The molecule has 0 saturated carbocycles. The largest absolute Gasteiger partial charge is 0.490 e. The van der Waals surface area contributed by atoms with Crippen LogP contribution in [-0.4, -0.2) is 20.3 Å². The Morgan fingerprint density at radius 2 is 2.00 bits per heavy atom. The quantitative estimate of drug-likeness (QED) is 0.509. The molecule has 2 rings (SSSR count). The van der Waals surface area contributed by atoms with E-state index >= 15 is 0 Å². The van der Waals surface area contributed by atoms with Gasteiger partial charge in [-0.3, -0.25) is 0 Å². The summed E-state index contributed by atoms with van der Waals surface area (Å²) in [6, 6.07) is 8.06. The zero-order valence-corrected chi connectivity index (χ0v) is 14.5. The lowest BCUT2D eigenvalue weighted by Crippen LogP contribution is -2.04. The molecular weight excluding hydrogens is 388 g/mol. The van der Waals surface area contributed by atoms with Gasteiger partial charge >= 0.3 is 0 Å². The van der Waals surface area contributed by atoms with Gasteiger partial charge in [0.05, 0.1) is 22.2 Å². The first kappa shape index (κ1) is 15.6. The first-order valence-electron chi connectivity index (χ1n) is 6.22. The predicted octanol–water partition coefficient (Wildman–Crippen LogP) is 4.86. The van der Waals surface area contributed by atoms with Gasteiger partial charge in [0.1, 0.15) is 18.1 Å². The fourth-order valence-corrected chi connectivity index (χ4v) is 2.85. The van der Waals surface area contributed by atoms with Crippen molar-refractivity contribution in [3.05, 3.63) is 51.9 Å². The molecule has 0 fully saturated rings. The van der Waals surface area contributed by atoms with Gasteiger partial charge in [0, 0.05) is 12.7 Å². The summed E-state index contributed by atoms with van der Waals surface area (Å²) in [5.74, 6) is 1.72. The first-order chi connectivity index (χ1) is 9.61.